The Bertz CT molecular complexity index is 1330. The van der Waals surface area contributed by atoms with Crippen molar-refractivity contribution in [3.8, 4) is 0 Å². The molecule has 0 amide bonds. The zero-order valence-electron chi connectivity index (χ0n) is 20.8. The molecule has 1 aromatic carbocycles. The summed E-state index contributed by atoms with van der Waals surface area (Å²) in [4.78, 5) is 18.9. The second-order valence-corrected chi connectivity index (χ2v) is 9.83. The zero-order chi connectivity index (χ0) is 24.4. The second kappa shape index (κ2) is 10.2. The SMILES string of the molecule is CC[C@H](c1nnnn1Cc1ccco1)N(Cc1cc2cc(C)cc(C)c2[nH]c1=O)C1CCCCC1. The number of tetrazole rings is 1. The van der Waals surface area contributed by atoms with Gasteiger partial charge in [-0.25, -0.2) is 4.68 Å². The van der Waals surface area contributed by atoms with Crippen molar-refractivity contribution in [2.45, 2.75) is 84.5 Å². The highest BCUT2D eigenvalue weighted by Crippen LogP contribution is 2.33. The number of furan rings is 1. The number of rotatable bonds is 8. The largest absolute Gasteiger partial charge is 0.467 e. The van der Waals surface area contributed by atoms with E-state index >= 15 is 0 Å². The van der Waals surface area contributed by atoms with E-state index in [0.717, 1.165) is 52.9 Å². The normalized spacial score (nSPS) is 15.8. The topological polar surface area (TPSA) is 92.8 Å². The molecule has 4 aromatic rings. The average molecular weight is 475 g/mol. The maximum Gasteiger partial charge on any atom is 0.252 e. The summed E-state index contributed by atoms with van der Waals surface area (Å²) in [5.74, 6) is 1.63. The van der Waals surface area contributed by atoms with Crippen LogP contribution < -0.4 is 5.56 Å². The molecule has 3 aromatic heterocycles. The molecule has 8 nitrogen and oxygen atoms in total. The Kier molecular flexibility index (Phi) is 6.81. The molecule has 0 aliphatic heterocycles. The Morgan fingerprint density at radius 1 is 1.20 bits per heavy atom. The molecule has 0 saturated heterocycles. The number of hydrogen-bond acceptors (Lipinski definition) is 6. The molecule has 1 fully saturated rings. The number of aromatic amines is 1. The van der Waals surface area contributed by atoms with E-state index in [0.29, 0.717) is 19.1 Å². The van der Waals surface area contributed by atoms with Gasteiger partial charge in [-0.15, -0.1) is 5.10 Å². The number of benzene rings is 1. The van der Waals surface area contributed by atoms with Gasteiger partial charge in [0.2, 0.25) is 0 Å². The highest BCUT2D eigenvalue weighted by Gasteiger charge is 2.32. The van der Waals surface area contributed by atoms with Crippen molar-refractivity contribution in [2.75, 3.05) is 0 Å². The molecule has 184 valence electrons. The molecule has 1 aliphatic rings. The number of aromatic nitrogens is 5. The van der Waals surface area contributed by atoms with Crippen LogP contribution in [0.3, 0.4) is 0 Å². The molecular formula is C27H34N6O2. The Morgan fingerprint density at radius 2 is 2.03 bits per heavy atom. The minimum atomic E-state index is -0.0182. The van der Waals surface area contributed by atoms with Crippen LogP contribution in [-0.2, 0) is 13.1 Å². The van der Waals surface area contributed by atoms with E-state index in [9.17, 15) is 4.79 Å². The average Bonchev–Trinajstić information content (AvgIpc) is 3.53. The van der Waals surface area contributed by atoms with Gasteiger partial charge < -0.3 is 9.40 Å². The van der Waals surface area contributed by atoms with Crippen molar-refractivity contribution < 1.29 is 4.42 Å². The molecule has 1 atom stereocenters. The minimum Gasteiger partial charge on any atom is -0.467 e. The quantitative estimate of drug-likeness (QED) is 0.384. The summed E-state index contributed by atoms with van der Waals surface area (Å²) in [7, 11) is 0. The minimum absolute atomic E-state index is 0.00240. The standard InChI is InChI=1S/C27H34N6O2/c1-4-24(26-29-30-31-33(26)17-23-11-8-12-35-23)32(22-9-6-5-7-10-22)16-21-15-20-14-18(2)13-19(3)25(20)28-27(21)34/h8,11-15,22,24H,4-7,9-10,16-17H2,1-3H3,(H,28,34)/t24-/m1/s1. The molecule has 0 radical (unpaired) electrons. The van der Waals surface area contributed by atoms with E-state index in [1.807, 2.05) is 23.7 Å². The number of aryl methyl sites for hydroxylation is 2. The van der Waals surface area contributed by atoms with Crippen molar-refractivity contribution >= 4 is 10.9 Å². The predicted octanol–water partition coefficient (Wildman–Crippen LogP) is 5.06. The van der Waals surface area contributed by atoms with Crippen LogP contribution >= 0.6 is 0 Å². The first-order valence-electron chi connectivity index (χ1n) is 12.7. The Morgan fingerprint density at radius 3 is 2.77 bits per heavy atom. The first-order chi connectivity index (χ1) is 17.0. The van der Waals surface area contributed by atoms with Gasteiger partial charge in [-0.2, -0.15) is 0 Å². The second-order valence-electron chi connectivity index (χ2n) is 9.83. The van der Waals surface area contributed by atoms with Crippen LogP contribution in [0.5, 0.6) is 0 Å². The first-order valence-corrected chi connectivity index (χ1v) is 12.7. The number of H-pyrrole nitrogens is 1. The molecule has 0 unspecified atom stereocenters. The smallest absolute Gasteiger partial charge is 0.252 e. The van der Waals surface area contributed by atoms with Crippen LogP contribution in [0.1, 0.15) is 79.8 Å². The van der Waals surface area contributed by atoms with Crippen molar-refractivity contribution in [3.63, 3.8) is 0 Å². The van der Waals surface area contributed by atoms with Crippen LogP contribution in [0.15, 0.2) is 45.8 Å². The van der Waals surface area contributed by atoms with Crippen LogP contribution in [0, 0.1) is 13.8 Å². The van der Waals surface area contributed by atoms with Gasteiger partial charge in [0.25, 0.3) is 5.56 Å². The lowest BCUT2D eigenvalue weighted by Gasteiger charge is -2.39. The van der Waals surface area contributed by atoms with Gasteiger partial charge in [0.15, 0.2) is 5.82 Å². The monoisotopic (exact) mass is 474 g/mol. The molecular weight excluding hydrogens is 440 g/mol. The molecule has 3 heterocycles. The highest BCUT2D eigenvalue weighted by atomic mass is 16.3. The third kappa shape index (κ3) is 4.93. The lowest BCUT2D eigenvalue weighted by Crippen LogP contribution is -2.41. The van der Waals surface area contributed by atoms with Gasteiger partial charge in [0, 0.05) is 18.2 Å². The van der Waals surface area contributed by atoms with E-state index in [4.69, 9.17) is 4.42 Å². The number of hydrogen-bond donors (Lipinski definition) is 1. The molecule has 0 spiro atoms. The van der Waals surface area contributed by atoms with Crippen molar-refractivity contribution in [1.82, 2.24) is 30.1 Å². The maximum atomic E-state index is 13.2. The van der Waals surface area contributed by atoms with Gasteiger partial charge in [-0.05, 0) is 78.8 Å². The number of pyridine rings is 1. The molecule has 1 N–H and O–H groups in total. The lowest BCUT2D eigenvalue weighted by atomic mass is 9.92. The molecule has 35 heavy (non-hydrogen) atoms. The van der Waals surface area contributed by atoms with Crippen molar-refractivity contribution in [3.05, 3.63) is 75.2 Å². The molecule has 0 bridgehead atoms. The highest BCUT2D eigenvalue weighted by molar-refractivity contribution is 5.82. The molecule has 5 rings (SSSR count). The van der Waals surface area contributed by atoms with E-state index < -0.39 is 0 Å². The Balaban J connectivity index is 1.52. The number of fused-ring (bicyclic) bond motifs is 1. The molecule has 8 heteroatoms. The first kappa shape index (κ1) is 23.5. The fourth-order valence-corrected chi connectivity index (χ4v) is 5.63. The van der Waals surface area contributed by atoms with Crippen LogP contribution in [0.4, 0.5) is 0 Å². The summed E-state index contributed by atoms with van der Waals surface area (Å²) >= 11 is 0. The molecule has 1 saturated carbocycles. The van der Waals surface area contributed by atoms with E-state index in [-0.39, 0.29) is 11.6 Å². The summed E-state index contributed by atoms with van der Waals surface area (Å²) in [6.45, 7) is 7.36. The van der Waals surface area contributed by atoms with E-state index in [1.165, 1.54) is 24.8 Å². The summed E-state index contributed by atoms with van der Waals surface area (Å²) in [5, 5.41) is 13.8. The van der Waals surface area contributed by atoms with Gasteiger partial charge in [0.05, 0.1) is 17.8 Å². The maximum absolute atomic E-state index is 13.2. The summed E-state index contributed by atoms with van der Waals surface area (Å²) in [5.41, 5.74) is 3.98. The van der Waals surface area contributed by atoms with Gasteiger partial charge >= 0.3 is 0 Å². The molecule has 1 aliphatic carbocycles. The number of nitrogens with zero attached hydrogens (tertiary/aromatic N) is 5. The Labute approximate surface area is 205 Å². The Hall–Kier alpha value is -3.26. The fourth-order valence-electron chi connectivity index (χ4n) is 5.63. The third-order valence-electron chi connectivity index (χ3n) is 7.30. The predicted molar refractivity (Wildman–Crippen MR) is 135 cm³/mol. The zero-order valence-corrected chi connectivity index (χ0v) is 20.8. The van der Waals surface area contributed by atoms with Crippen LogP contribution in [0.2, 0.25) is 0 Å². The lowest BCUT2D eigenvalue weighted by molar-refractivity contribution is 0.0842. The van der Waals surface area contributed by atoms with Crippen LogP contribution in [0.25, 0.3) is 10.9 Å². The van der Waals surface area contributed by atoms with Crippen molar-refractivity contribution in [2.24, 2.45) is 0 Å². The van der Waals surface area contributed by atoms with Gasteiger partial charge in [-0.3, -0.25) is 9.69 Å². The van der Waals surface area contributed by atoms with Gasteiger partial charge in [-0.1, -0.05) is 37.8 Å². The summed E-state index contributed by atoms with van der Waals surface area (Å²) in [6, 6.07) is 10.5. The fraction of sp³-hybridized carbons (Fsp3) is 0.481. The van der Waals surface area contributed by atoms with Gasteiger partial charge in [0.1, 0.15) is 12.3 Å². The summed E-state index contributed by atoms with van der Waals surface area (Å²) in [6.07, 6.45) is 8.45. The van der Waals surface area contributed by atoms with Crippen LogP contribution in [-0.4, -0.2) is 36.1 Å². The van der Waals surface area contributed by atoms with E-state index in [1.54, 1.807) is 6.26 Å². The van der Waals surface area contributed by atoms with Crippen molar-refractivity contribution in [1.29, 1.82) is 0 Å². The number of nitrogens with one attached hydrogen (secondary N) is 1. The van der Waals surface area contributed by atoms with E-state index in [2.05, 4.69) is 57.5 Å². The third-order valence-corrected chi connectivity index (χ3v) is 7.30. The summed E-state index contributed by atoms with van der Waals surface area (Å²) < 4.78 is 7.38.